The van der Waals surface area contributed by atoms with Gasteiger partial charge in [0.25, 0.3) is 0 Å². The van der Waals surface area contributed by atoms with E-state index in [2.05, 4.69) is 49.9 Å². The number of rotatable bonds is 5. The van der Waals surface area contributed by atoms with Crippen molar-refractivity contribution < 1.29 is 4.79 Å². The molecule has 2 heterocycles. The zero-order valence-corrected chi connectivity index (χ0v) is 16.7. The van der Waals surface area contributed by atoms with Crippen molar-refractivity contribution in [3.63, 3.8) is 0 Å². The maximum atomic E-state index is 11.9. The molecule has 0 saturated carbocycles. The average Bonchev–Trinajstić information content (AvgIpc) is 3.11. The molecule has 25 heavy (non-hydrogen) atoms. The molecular weight excluding hydrogens is 334 g/mol. The number of piperazine rings is 1. The summed E-state index contributed by atoms with van der Waals surface area (Å²) in [5.41, 5.74) is -0.355. The average molecular weight is 366 g/mol. The van der Waals surface area contributed by atoms with Gasteiger partial charge in [0.1, 0.15) is 0 Å². The predicted molar refractivity (Wildman–Crippen MR) is 107 cm³/mol. The lowest BCUT2D eigenvalue weighted by Gasteiger charge is -2.37. The van der Waals surface area contributed by atoms with E-state index in [4.69, 9.17) is 0 Å². The minimum absolute atomic E-state index is 0.0669. The first-order valence-corrected chi connectivity index (χ1v) is 9.90. The van der Waals surface area contributed by atoms with Crippen molar-refractivity contribution in [2.24, 2.45) is 10.4 Å². The van der Waals surface area contributed by atoms with E-state index in [1.165, 1.54) is 5.00 Å². The van der Waals surface area contributed by atoms with Gasteiger partial charge in [-0.1, -0.05) is 20.8 Å². The van der Waals surface area contributed by atoms with E-state index in [-0.39, 0.29) is 11.3 Å². The SMILES string of the molecule is CCNC(=NCCNC(=O)C(C)(C)C)N1CCN(c2cccs2)CC1. The maximum absolute atomic E-state index is 11.9. The number of hydrogen-bond acceptors (Lipinski definition) is 4. The standard InChI is InChI=1S/C18H31N5OS/c1-5-19-17(21-9-8-20-16(24)18(2,3)4)23-12-10-22(11-13-23)15-7-6-14-25-15/h6-7,14H,5,8-13H2,1-4H3,(H,19,21)(H,20,24). The highest BCUT2D eigenvalue weighted by atomic mass is 32.1. The first kappa shape index (κ1) is 19.6. The molecule has 1 aromatic rings. The van der Waals surface area contributed by atoms with Crippen LogP contribution >= 0.6 is 11.3 Å². The number of nitrogens with one attached hydrogen (secondary N) is 2. The number of guanidine groups is 1. The fourth-order valence-corrected chi connectivity index (χ4v) is 3.40. The van der Waals surface area contributed by atoms with Crippen molar-refractivity contribution in [3.05, 3.63) is 17.5 Å². The summed E-state index contributed by atoms with van der Waals surface area (Å²) >= 11 is 1.79. The molecule has 0 bridgehead atoms. The Morgan fingerprint density at radius 3 is 2.52 bits per heavy atom. The number of anilines is 1. The number of amides is 1. The highest BCUT2D eigenvalue weighted by molar-refractivity contribution is 7.14. The third-order valence-corrected chi connectivity index (χ3v) is 5.00. The van der Waals surface area contributed by atoms with Gasteiger partial charge in [-0.3, -0.25) is 9.79 Å². The zero-order valence-electron chi connectivity index (χ0n) is 15.8. The molecule has 2 rings (SSSR count). The Morgan fingerprint density at radius 2 is 1.96 bits per heavy atom. The van der Waals surface area contributed by atoms with Crippen LogP contribution in [0.5, 0.6) is 0 Å². The Kier molecular flexibility index (Phi) is 7.11. The third-order valence-electron chi connectivity index (χ3n) is 4.07. The molecule has 0 radical (unpaired) electrons. The van der Waals surface area contributed by atoms with Gasteiger partial charge < -0.3 is 20.4 Å². The van der Waals surface area contributed by atoms with Gasteiger partial charge in [-0.2, -0.15) is 0 Å². The topological polar surface area (TPSA) is 60.0 Å². The van der Waals surface area contributed by atoms with E-state index in [0.29, 0.717) is 13.1 Å². The number of carbonyl (C=O) groups is 1. The summed E-state index contributed by atoms with van der Waals surface area (Å²) in [5.74, 6) is 1.01. The number of thiophene rings is 1. The molecule has 7 heteroatoms. The van der Waals surface area contributed by atoms with Crippen molar-refractivity contribution in [2.75, 3.05) is 50.7 Å². The number of nitrogens with zero attached hydrogens (tertiary/aromatic N) is 3. The molecule has 1 aliphatic rings. The second-order valence-corrected chi connectivity index (χ2v) is 8.09. The quantitative estimate of drug-likeness (QED) is 0.476. The third kappa shape index (κ3) is 5.92. The second-order valence-electron chi connectivity index (χ2n) is 7.17. The lowest BCUT2D eigenvalue weighted by molar-refractivity contribution is -0.128. The van der Waals surface area contributed by atoms with E-state index >= 15 is 0 Å². The molecule has 6 nitrogen and oxygen atoms in total. The van der Waals surface area contributed by atoms with Crippen LogP contribution in [0.3, 0.4) is 0 Å². The van der Waals surface area contributed by atoms with E-state index < -0.39 is 0 Å². The molecule has 1 saturated heterocycles. The van der Waals surface area contributed by atoms with Crippen LogP contribution in [0.1, 0.15) is 27.7 Å². The fraction of sp³-hybridized carbons (Fsp3) is 0.667. The number of carbonyl (C=O) groups excluding carboxylic acids is 1. The summed E-state index contributed by atoms with van der Waals surface area (Å²) in [6, 6.07) is 4.28. The van der Waals surface area contributed by atoms with Crippen molar-refractivity contribution >= 4 is 28.2 Å². The van der Waals surface area contributed by atoms with Gasteiger partial charge in [-0.05, 0) is 24.4 Å². The molecular formula is C18H31N5OS. The largest absolute Gasteiger partial charge is 0.360 e. The Labute approximate surface area is 155 Å². The monoisotopic (exact) mass is 365 g/mol. The lowest BCUT2D eigenvalue weighted by atomic mass is 9.96. The molecule has 1 aliphatic heterocycles. The van der Waals surface area contributed by atoms with Gasteiger partial charge in [-0.15, -0.1) is 11.3 Å². The van der Waals surface area contributed by atoms with Gasteiger partial charge >= 0.3 is 0 Å². The fourth-order valence-electron chi connectivity index (χ4n) is 2.61. The van der Waals surface area contributed by atoms with Crippen LogP contribution in [-0.4, -0.2) is 62.6 Å². The zero-order chi connectivity index (χ0) is 18.3. The van der Waals surface area contributed by atoms with Crippen molar-refractivity contribution in [3.8, 4) is 0 Å². The maximum Gasteiger partial charge on any atom is 0.225 e. The van der Waals surface area contributed by atoms with E-state index in [1.807, 2.05) is 20.8 Å². The summed E-state index contributed by atoms with van der Waals surface area (Å²) in [7, 11) is 0. The second kappa shape index (κ2) is 9.08. The van der Waals surface area contributed by atoms with Crippen LogP contribution in [0.25, 0.3) is 0 Å². The van der Waals surface area contributed by atoms with Crippen LogP contribution in [0, 0.1) is 5.41 Å². The van der Waals surface area contributed by atoms with Crippen molar-refractivity contribution in [1.29, 1.82) is 0 Å². The van der Waals surface area contributed by atoms with Crippen LogP contribution in [0.2, 0.25) is 0 Å². The van der Waals surface area contributed by atoms with E-state index in [9.17, 15) is 4.79 Å². The molecule has 0 aromatic carbocycles. The summed E-state index contributed by atoms with van der Waals surface area (Å²) < 4.78 is 0. The minimum Gasteiger partial charge on any atom is -0.360 e. The van der Waals surface area contributed by atoms with Gasteiger partial charge in [0, 0.05) is 44.7 Å². The minimum atomic E-state index is -0.355. The molecule has 0 atom stereocenters. The Morgan fingerprint density at radius 1 is 1.24 bits per heavy atom. The molecule has 1 fully saturated rings. The Bertz CT molecular complexity index is 557. The van der Waals surface area contributed by atoms with Gasteiger partial charge in [0.2, 0.25) is 5.91 Å². The predicted octanol–water partition coefficient (Wildman–Crippen LogP) is 2.00. The highest BCUT2D eigenvalue weighted by Crippen LogP contribution is 2.22. The highest BCUT2D eigenvalue weighted by Gasteiger charge is 2.21. The van der Waals surface area contributed by atoms with Crippen LogP contribution in [-0.2, 0) is 4.79 Å². The Balaban J connectivity index is 1.82. The summed E-state index contributed by atoms with van der Waals surface area (Å²) in [4.78, 5) is 21.3. The number of hydrogen-bond donors (Lipinski definition) is 2. The van der Waals surface area contributed by atoms with E-state index in [0.717, 1.165) is 38.7 Å². The van der Waals surface area contributed by atoms with Crippen LogP contribution in [0.15, 0.2) is 22.5 Å². The summed E-state index contributed by atoms with van der Waals surface area (Å²) in [6.45, 7) is 13.8. The first-order valence-electron chi connectivity index (χ1n) is 9.02. The van der Waals surface area contributed by atoms with Gasteiger partial charge in [0.15, 0.2) is 5.96 Å². The van der Waals surface area contributed by atoms with Crippen molar-refractivity contribution in [1.82, 2.24) is 15.5 Å². The molecule has 0 unspecified atom stereocenters. The molecule has 0 aliphatic carbocycles. The first-order chi connectivity index (χ1) is 11.9. The molecule has 1 amide bonds. The van der Waals surface area contributed by atoms with Gasteiger partial charge in [-0.25, -0.2) is 0 Å². The van der Waals surface area contributed by atoms with Gasteiger partial charge in [0.05, 0.1) is 11.5 Å². The molecule has 140 valence electrons. The van der Waals surface area contributed by atoms with Crippen LogP contribution in [0.4, 0.5) is 5.00 Å². The normalized spacial score (nSPS) is 16.1. The molecule has 0 spiro atoms. The lowest BCUT2D eigenvalue weighted by Crippen LogP contribution is -2.52. The summed E-state index contributed by atoms with van der Waals surface area (Å²) in [6.07, 6.45) is 0. The number of aliphatic imine (C=N–C) groups is 1. The Hall–Kier alpha value is -1.76. The van der Waals surface area contributed by atoms with Crippen LogP contribution < -0.4 is 15.5 Å². The molecule has 1 aromatic heterocycles. The van der Waals surface area contributed by atoms with Crippen molar-refractivity contribution in [2.45, 2.75) is 27.7 Å². The molecule has 2 N–H and O–H groups in total. The van der Waals surface area contributed by atoms with E-state index in [1.54, 1.807) is 11.3 Å². The summed E-state index contributed by atoms with van der Waals surface area (Å²) in [5, 5.41) is 9.78. The smallest absolute Gasteiger partial charge is 0.225 e.